The van der Waals surface area contributed by atoms with Gasteiger partial charge in [0.05, 0.1) is 0 Å². The van der Waals surface area contributed by atoms with Crippen LogP contribution < -0.4 is 5.73 Å². The number of nitrogens with two attached hydrogens (primary N) is 1. The Morgan fingerprint density at radius 2 is 1.91 bits per heavy atom. The smallest absolute Gasteiger partial charge is 0.0464 e. The van der Waals surface area contributed by atoms with E-state index in [1.54, 1.807) is 0 Å². The van der Waals surface area contributed by atoms with Crippen LogP contribution in [0.15, 0.2) is 12.2 Å². The Kier molecular flexibility index (Phi) is 4.46. The molecule has 0 radical (unpaired) electrons. The Bertz CT molecular complexity index is 433. The summed E-state index contributed by atoms with van der Waals surface area (Å²) in [7, 11) is 0. The van der Waals surface area contributed by atoms with Gasteiger partial charge in [-0.25, -0.2) is 0 Å². The van der Waals surface area contributed by atoms with Crippen molar-refractivity contribution >= 4 is 0 Å². The van der Waals surface area contributed by atoms with Crippen LogP contribution in [-0.4, -0.2) is 18.3 Å². The summed E-state index contributed by atoms with van der Waals surface area (Å²) in [6.07, 6.45) is 10.2. The molecule has 3 rings (SSSR count). The molecule has 0 heterocycles. The Labute approximate surface area is 136 Å². The molecule has 0 spiro atoms. The quantitative estimate of drug-likeness (QED) is 0.770. The van der Waals surface area contributed by atoms with Crippen molar-refractivity contribution in [1.29, 1.82) is 0 Å². The minimum absolute atomic E-state index is 0.294. The van der Waals surface area contributed by atoms with Gasteiger partial charge in [-0.2, -0.15) is 0 Å². The van der Waals surface area contributed by atoms with E-state index < -0.39 is 0 Å². The number of rotatable bonds is 3. The molecule has 3 aliphatic rings. The Balaban J connectivity index is 1.89. The molecule has 2 heteroatoms. The van der Waals surface area contributed by atoms with E-state index in [1.807, 2.05) is 0 Å². The second-order valence-electron chi connectivity index (χ2n) is 8.84. The van der Waals surface area contributed by atoms with Crippen LogP contribution in [0.3, 0.4) is 0 Å². The van der Waals surface area contributed by atoms with Crippen LogP contribution in [0.1, 0.15) is 65.2 Å². The molecule has 22 heavy (non-hydrogen) atoms. The van der Waals surface area contributed by atoms with Gasteiger partial charge in [0.1, 0.15) is 0 Å². The van der Waals surface area contributed by atoms with Crippen molar-refractivity contribution in [3.8, 4) is 0 Å². The van der Waals surface area contributed by atoms with Crippen molar-refractivity contribution in [2.45, 2.75) is 65.2 Å². The van der Waals surface area contributed by atoms with Crippen LogP contribution in [0.2, 0.25) is 0 Å². The van der Waals surface area contributed by atoms with Gasteiger partial charge in [0.2, 0.25) is 0 Å². The first-order valence-electron chi connectivity index (χ1n) is 9.46. The van der Waals surface area contributed by atoms with Crippen LogP contribution >= 0.6 is 0 Å². The van der Waals surface area contributed by atoms with Crippen molar-refractivity contribution in [3.63, 3.8) is 0 Å². The predicted octanol–water partition coefficient (Wildman–Crippen LogP) is 4.13. The van der Waals surface area contributed by atoms with Gasteiger partial charge in [0.25, 0.3) is 0 Å². The van der Waals surface area contributed by atoms with Crippen molar-refractivity contribution in [2.75, 3.05) is 13.2 Å². The zero-order chi connectivity index (χ0) is 16.0. The predicted molar refractivity (Wildman–Crippen MR) is 92.4 cm³/mol. The molecule has 0 amide bonds. The van der Waals surface area contributed by atoms with Crippen LogP contribution in [0.25, 0.3) is 0 Å². The normalized spacial score (nSPS) is 49.2. The molecule has 0 aromatic carbocycles. The summed E-state index contributed by atoms with van der Waals surface area (Å²) in [5.74, 6) is 2.52. The van der Waals surface area contributed by atoms with Crippen LogP contribution in [0.5, 0.6) is 0 Å². The average Bonchev–Trinajstić information content (AvgIpc) is 2.82. The van der Waals surface area contributed by atoms with Gasteiger partial charge in [-0.15, -0.1) is 0 Å². The molecule has 126 valence electrons. The number of aliphatic hydroxyl groups is 1. The number of fused-ring (bicyclic) bond motifs is 1. The van der Waals surface area contributed by atoms with Gasteiger partial charge in [-0.1, -0.05) is 38.8 Å². The Morgan fingerprint density at radius 3 is 2.59 bits per heavy atom. The molecule has 0 saturated heterocycles. The van der Waals surface area contributed by atoms with Gasteiger partial charge in [0.15, 0.2) is 0 Å². The van der Waals surface area contributed by atoms with Crippen molar-refractivity contribution < 1.29 is 5.11 Å². The second kappa shape index (κ2) is 5.94. The molecule has 3 fully saturated rings. The van der Waals surface area contributed by atoms with Crippen LogP contribution in [0, 0.1) is 34.5 Å². The van der Waals surface area contributed by atoms with E-state index in [1.165, 1.54) is 56.9 Å². The molecule has 0 aromatic heterocycles. The number of allylic oxidation sites excluding steroid dienone is 1. The lowest BCUT2D eigenvalue weighted by Gasteiger charge is -2.56. The summed E-state index contributed by atoms with van der Waals surface area (Å²) in [4.78, 5) is 0. The van der Waals surface area contributed by atoms with Crippen molar-refractivity contribution in [3.05, 3.63) is 12.2 Å². The minimum atomic E-state index is 0.294. The molecule has 3 N–H and O–H groups in total. The first-order chi connectivity index (χ1) is 10.5. The molecule has 0 bridgehead atoms. The van der Waals surface area contributed by atoms with Crippen molar-refractivity contribution in [1.82, 2.24) is 0 Å². The largest absolute Gasteiger partial charge is 0.396 e. The van der Waals surface area contributed by atoms with Gasteiger partial charge >= 0.3 is 0 Å². The summed E-state index contributed by atoms with van der Waals surface area (Å²) >= 11 is 0. The third kappa shape index (κ3) is 2.29. The van der Waals surface area contributed by atoms with E-state index in [0.717, 1.165) is 12.5 Å². The van der Waals surface area contributed by atoms with E-state index in [4.69, 9.17) is 5.73 Å². The number of hydrogen-bond donors (Lipinski definition) is 2. The summed E-state index contributed by atoms with van der Waals surface area (Å²) in [5, 5.41) is 9.95. The lowest BCUT2D eigenvalue weighted by Crippen LogP contribution is -2.51. The molecule has 3 saturated carbocycles. The monoisotopic (exact) mass is 305 g/mol. The maximum Gasteiger partial charge on any atom is 0.0464 e. The molecular weight excluding hydrogens is 270 g/mol. The fourth-order valence-corrected chi connectivity index (χ4v) is 6.56. The van der Waals surface area contributed by atoms with Gasteiger partial charge < -0.3 is 10.8 Å². The molecule has 2 nitrogen and oxygen atoms in total. The summed E-state index contributed by atoms with van der Waals surface area (Å²) in [6.45, 7) is 10.5. The third-order valence-electron chi connectivity index (χ3n) is 8.18. The topological polar surface area (TPSA) is 46.2 Å². The molecular formula is C20H35NO. The number of hydrogen-bond acceptors (Lipinski definition) is 2. The van der Waals surface area contributed by atoms with E-state index in [2.05, 4.69) is 20.4 Å². The SMILES string of the molecule is C=C1CCC2[C@H](CN)C([C@@]3(C)CCCC[C@@H]3CO)CC[C@]12C. The molecule has 0 aromatic rings. The van der Waals surface area contributed by atoms with Gasteiger partial charge in [0, 0.05) is 6.61 Å². The lowest BCUT2D eigenvalue weighted by molar-refractivity contribution is -0.0685. The Morgan fingerprint density at radius 1 is 1.14 bits per heavy atom. The molecule has 2 unspecified atom stereocenters. The van der Waals surface area contributed by atoms with E-state index >= 15 is 0 Å². The highest BCUT2D eigenvalue weighted by Gasteiger charge is 2.55. The Hall–Kier alpha value is -0.340. The van der Waals surface area contributed by atoms with Crippen LogP contribution in [-0.2, 0) is 0 Å². The maximum atomic E-state index is 9.95. The highest BCUT2D eigenvalue weighted by atomic mass is 16.3. The zero-order valence-corrected chi connectivity index (χ0v) is 14.6. The second-order valence-corrected chi connectivity index (χ2v) is 8.84. The van der Waals surface area contributed by atoms with Crippen molar-refractivity contribution in [2.24, 2.45) is 40.2 Å². The average molecular weight is 306 g/mol. The fraction of sp³-hybridized carbons (Fsp3) is 0.900. The van der Waals surface area contributed by atoms with Gasteiger partial charge in [-0.05, 0) is 79.6 Å². The van der Waals surface area contributed by atoms with Gasteiger partial charge in [-0.3, -0.25) is 0 Å². The highest BCUT2D eigenvalue weighted by Crippen LogP contribution is 2.63. The molecule has 3 aliphatic carbocycles. The van der Waals surface area contributed by atoms with E-state index in [9.17, 15) is 5.11 Å². The number of aliphatic hydroxyl groups excluding tert-OH is 1. The highest BCUT2D eigenvalue weighted by molar-refractivity contribution is 5.20. The zero-order valence-electron chi connectivity index (χ0n) is 14.6. The maximum absolute atomic E-state index is 9.95. The summed E-state index contributed by atoms with van der Waals surface area (Å²) in [5.41, 5.74) is 8.42. The lowest BCUT2D eigenvalue weighted by atomic mass is 9.49. The standard InChI is InChI=1S/C20H35NO/c1-14-7-8-17-16(12-21)18(9-11-19(14,17)2)20(3)10-5-4-6-15(20)13-22/h15-18,22H,1,4-13,21H2,2-3H3/t15-,16+,17?,18?,19-,20+/m1/s1. The molecule has 6 atom stereocenters. The summed E-state index contributed by atoms with van der Waals surface area (Å²) < 4.78 is 0. The van der Waals surface area contributed by atoms with Crippen LogP contribution in [0.4, 0.5) is 0 Å². The van der Waals surface area contributed by atoms with E-state index in [0.29, 0.717) is 35.2 Å². The van der Waals surface area contributed by atoms with E-state index in [-0.39, 0.29) is 0 Å². The fourth-order valence-electron chi connectivity index (χ4n) is 6.56. The third-order valence-corrected chi connectivity index (χ3v) is 8.18. The summed E-state index contributed by atoms with van der Waals surface area (Å²) in [6, 6.07) is 0. The first kappa shape index (κ1) is 16.5. The minimum Gasteiger partial charge on any atom is -0.396 e. The first-order valence-corrected chi connectivity index (χ1v) is 9.46. The molecule has 0 aliphatic heterocycles.